The molecule has 1 aliphatic heterocycles. The molecule has 0 bridgehead atoms. The van der Waals surface area contributed by atoms with Gasteiger partial charge in [-0.25, -0.2) is 0 Å². The molecule has 5 rings (SSSR count). The summed E-state index contributed by atoms with van der Waals surface area (Å²) in [7, 11) is 1.65. The Morgan fingerprint density at radius 3 is 2.27 bits per heavy atom. The summed E-state index contributed by atoms with van der Waals surface area (Å²) in [4.78, 5) is 15.6. The zero-order valence-electron chi connectivity index (χ0n) is 16.3. The minimum absolute atomic E-state index is 0.0765. The zero-order valence-corrected chi connectivity index (χ0v) is 17.1. The van der Waals surface area contributed by atoms with Gasteiger partial charge in [-0.3, -0.25) is 9.69 Å². The lowest BCUT2D eigenvalue weighted by atomic mass is 9.96. The van der Waals surface area contributed by atoms with Crippen LogP contribution < -0.4 is 9.64 Å². The number of methoxy groups -OCH3 is 1. The molecule has 0 fully saturated rings. The molecule has 0 spiro atoms. The van der Waals surface area contributed by atoms with Gasteiger partial charge >= 0.3 is 0 Å². The van der Waals surface area contributed by atoms with Crippen LogP contribution in [0, 0.1) is 0 Å². The third-order valence-corrected chi connectivity index (χ3v) is 5.71. The largest absolute Gasteiger partial charge is 0.497 e. The van der Waals surface area contributed by atoms with E-state index in [1.54, 1.807) is 31.4 Å². The summed E-state index contributed by atoms with van der Waals surface area (Å²) in [5.41, 5.74) is 4.47. The predicted molar refractivity (Wildman–Crippen MR) is 119 cm³/mol. The number of carbonyl (C=O) groups excluding carboxylic acids is 1. The van der Waals surface area contributed by atoms with Crippen molar-refractivity contribution < 1.29 is 9.53 Å². The average molecular weight is 415 g/mol. The molecule has 0 radical (unpaired) electrons. The number of hydrogen-bond donors (Lipinski definition) is 0. The highest BCUT2D eigenvalue weighted by Gasteiger charge is 2.36. The minimum atomic E-state index is -0.274. The van der Waals surface area contributed by atoms with Crippen LogP contribution in [0.1, 0.15) is 27.7 Å². The fraction of sp³-hybridized carbons (Fsp3) is 0.0800. The molecule has 0 aliphatic carbocycles. The molecule has 0 saturated carbocycles. The number of rotatable bonds is 3. The maximum Gasteiger partial charge on any atom is 0.259 e. The first-order chi connectivity index (χ1) is 14.7. The van der Waals surface area contributed by atoms with E-state index >= 15 is 0 Å². The molecule has 0 saturated heterocycles. The highest BCUT2D eigenvalue weighted by Crippen LogP contribution is 2.43. The third-order valence-electron chi connectivity index (χ3n) is 5.46. The van der Waals surface area contributed by atoms with Crippen molar-refractivity contribution >= 4 is 23.2 Å². The number of ether oxygens (including phenoxy) is 1. The van der Waals surface area contributed by atoms with Gasteiger partial charge in [0.25, 0.3) is 5.91 Å². The molecule has 30 heavy (non-hydrogen) atoms. The number of amides is 1. The fourth-order valence-electron chi connectivity index (χ4n) is 4.04. The number of hydrogen-bond acceptors (Lipinski definition) is 2. The predicted octanol–water partition coefficient (Wildman–Crippen LogP) is 5.89. The summed E-state index contributed by atoms with van der Waals surface area (Å²) < 4.78 is 7.47. The Balaban J connectivity index is 1.71. The number of anilines is 1. The fourth-order valence-corrected chi connectivity index (χ4v) is 4.17. The number of fused-ring (bicyclic) bond motifs is 3. The molecule has 1 aromatic heterocycles. The summed E-state index contributed by atoms with van der Waals surface area (Å²) in [5.74, 6) is 0.702. The topological polar surface area (TPSA) is 34.5 Å². The summed E-state index contributed by atoms with van der Waals surface area (Å²) in [6, 6.07) is 26.7. The number of aromatic nitrogens is 1. The van der Waals surface area contributed by atoms with Crippen LogP contribution in [0.15, 0.2) is 91.1 Å². The van der Waals surface area contributed by atoms with Gasteiger partial charge in [0.15, 0.2) is 0 Å². The standard InChI is InChI=1S/C25H19ClN2O2/c1-30-20-14-10-17(11-15-20)24-23-7-4-16-27(23)21-5-2-3-6-22(21)28(24)25(29)18-8-12-19(26)13-9-18/h2-16,24H,1H3. The van der Waals surface area contributed by atoms with E-state index in [-0.39, 0.29) is 11.9 Å². The van der Waals surface area contributed by atoms with Crippen LogP contribution >= 0.6 is 11.6 Å². The van der Waals surface area contributed by atoms with Crippen molar-refractivity contribution in [3.8, 4) is 11.4 Å². The van der Waals surface area contributed by atoms with E-state index < -0.39 is 0 Å². The van der Waals surface area contributed by atoms with E-state index in [1.807, 2.05) is 65.7 Å². The Morgan fingerprint density at radius 1 is 0.867 bits per heavy atom. The van der Waals surface area contributed by atoms with E-state index in [1.165, 1.54) is 0 Å². The SMILES string of the molecule is COc1ccc(C2c3cccn3-c3ccccc3N2C(=O)c2ccc(Cl)cc2)cc1. The molecule has 1 aliphatic rings. The van der Waals surface area contributed by atoms with Crippen LogP contribution in [0.25, 0.3) is 5.69 Å². The van der Waals surface area contributed by atoms with E-state index in [2.05, 4.69) is 10.6 Å². The van der Waals surface area contributed by atoms with Crippen LogP contribution in [-0.4, -0.2) is 17.6 Å². The molecule has 0 N–H and O–H groups in total. The molecule has 1 amide bonds. The van der Waals surface area contributed by atoms with Crippen LogP contribution in [0.3, 0.4) is 0 Å². The van der Waals surface area contributed by atoms with Crippen molar-refractivity contribution in [1.82, 2.24) is 4.57 Å². The van der Waals surface area contributed by atoms with Gasteiger partial charge in [0.2, 0.25) is 0 Å². The van der Waals surface area contributed by atoms with E-state index in [0.29, 0.717) is 10.6 Å². The molecule has 4 nitrogen and oxygen atoms in total. The van der Waals surface area contributed by atoms with Crippen LogP contribution in [-0.2, 0) is 0 Å². The van der Waals surface area contributed by atoms with Gasteiger partial charge in [-0.1, -0.05) is 35.9 Å². The van der Waals surface area contributed by atoms with Crippen molar-refractivity contribution in [2.24, 2.45) is 0 Å². The van der Waals surface area contributed by atoms with Crippen molar-refractivity contribution in [3.05, 3.63) is 113 Å². The van der Waals surface area contributed by atoms with E-state index in [0.717, 1.165) is 28.4 Å². The molecule has 4 aromatic rings. The van der Waals surface area contributed by atoms with Crippen LogP contribution in [0.5, 0.6) is 5.75 Å². The summed E-state index contributed by atoms with van der Waals surface area (Å²) >= 11 is 6.05. The lowest BCUT2D eigenvalue weighted by Crippen LogP contribution is -2.39. The van der Waals surface area contributed by atoms with Crippen molar-refractivity contribution in [2.45, 2.75) is 6.04 Å². The molecule has 1 unspecified atom stereocenters. The van der Waals surface area contributed by atoms with Crippen LogP contribution in [0.4, 0.5) is 5.69 Å². The molecule has 1 atom stereocenters. The number of benzene rings is 3. The smallest absolute Gasteiger partial charge is 0.259 e. The first-order valence-electron chi connectivity index (χ1n) is 9.67. The Morgan fingerprint density at radius 2 is 1.57 bits per heavy atom. The monoisotopic (exact) mass is 414 g/mol. The first-order valence-corrected chi connectivity index (χ1v) is 10.0. The maximum absolute atomic E-state index is 13.8. The molecule has 3 aromatic carbocycles. The molecular weight excluding hydrogens is 396 g/mol. The number of nitrogens with zero attached hydrogens (tertiary/aromatic N) is 2. The second-order valence-electron chi connectivity index (χ2n) is 7.15. The Bertz CT molecular complexity index is 1210. The summed E-state index contributed by atoms with van der Waals surface area (Å²) in [6.07, 6.45) is 2.04. The Kier molecular flexibility index (Phi) is 4.57. The normalized spacial score (nSPS) is 14.7. The van der Waals surface area contributed by atoms with Gasteiger partial charge in [0, 0.05) is 16.8 Å². The van der Waals surface area contributed by atoms with Gasteiger partial charge in [-0.05, 0) is 66.2 Å². The second-order valence-corrected chi connectivity index (χ2v) is 7.59. The van der Waals surface area contributed by atoms with Crippen molar-refractivity contribution in [1.29, 1.82) is 0 Å². The van der Waals surface area contributed by atoms with Gasteiger partial charge < -0.3 is 9.30 Å². The second kappa shape index (κ2) is 7.39. The molecule has 148 valence electrons. The van der Waals surface area contributed by atoms with E-state index in [4.69, 9.17) is 16.3 Å². The summed E-state index contributed by atoms with van der Waals surface area (Å²) in [6.45, 7) is 0. The lowest BCUT2D eigenvalue weighted by Gasteiger charge is -2.38. The average Bonchev–Trinajstić information content (AvgIpc) is 3.28. The number of carbonyl (C=O) groups is 1. The summed E-state index contributed by atoms with van der Waals surface area (Å²) in [5, 5.41) is 0.603. The van der Waals surface area contributed by atoms with Gasteiger partial charge in [-0.2, -0.15) is 0 Å². The third kappa shape index (κ3) is 2.97. The van der Waals surface area contributed by atoms with Gasteiger partial charge in [0.1, 0.15) is 11.8 Å². The minimum Gasteiger partial charge on any atom is -0.497 e. The quantitative estimate of drug-likeness (QED) is 0.419. The number of halogens is 1. The van der Waals surface area contributed by atoms with Crippen molar-refractivity contribution in [2.75, 3.05) is 12.0 Å². The van der Waals surface area contributed by atoms with Crippen LogP contribution in [0.2, 0.25) is 5.02 Å². The van der Waals surface area contributed by atoms with Gasteiger partial charge in [-0.15, -0.1) is 0 Å². The van der Waals surface area contributed by atoms with Crippen molar-refractivity contribution in [3.63, 3.8) is 0 Å². The molecule has 2 heterocycles. The first kappa shape index (κ1) is 18.5. The Labute approximate surface area is 179 Å². The molecule has 5 heteroatoms. The highest BCUT2D eigenvalue weighted by molar-refractivity contribution is 6.30. The zero-order chi connectivity index (χ0) is 20.7. The lowest BCUT2D eigenvalue weighted by molar-refractivity contribution is 0.0978. The highest BCUT2D eigenvalue weighted by atomic mass is 35.5. The Hall–Kier alpha value is -3.50. The van der Waals surface area contributed by atoms with Gasteiger partial charge in [0.05, 0.1) is 24.2 Å². The number of para-hydroxylation sites is 2. The maximum atomic E-state index is 13.8. The van der Waals surface area contributed by atoms with E-state index in [9.17, 15) is 4.79 Å². The molecular formula is C25H19ClN2O2.